The minimum atomic E-state index is 0.146. The van der Waals surface area contributed by atoms with Crippen molar-refractivity contribution in [1.82, 2.24) is 20.2 Å². The van der Waals surface area contributed by atoms with E-state index in [1.165, 1.54) is 0 Å². The van der Waals surface area contributed by atoms with Gasteiger partial charge in [0.1, 0.15) is 0 Å². The van der Waals surface area contributed by atoms with E-state index in [1.807, 2.05) is 17.3 Å². The maximum Gasteiger partial charge on any atom is 0.225 e. The first-order valence-electron chi connectivity index (χ1n) is 7.61. The lowest BCUT2D eigenvalue weighted by molar-refractivity contribution is -0.128. The van der Waals surface area contributed by atoms with Gasteiger partial charge in [-0.15, -0.1) is 0 Å². The number of rotatable bonds is 4. The number of hydrogen-bond acceptors (Lipinski definition) is 5. The van der Waals surface area contributed by atoms with E-state index >= 15 is 0 Å². The molecular weight excluding hydrogens is 266 g/mol. The van der Waals surface area contributed by atoms with Gasteiger partial charge in [-0.05, 0) is 6.42 Å². The lowest BCUT2D eigenvalue weighted by atomic mass is 10.3. The van der Waals surface area contributed by atoms with Crippen molar-refractivity contribution in [3.8, 4) is 0 Å². The summed E-state index contributed by atoms with van der Waals surface area (Å²) in [5.41, 5.74) is 1.09. The summed E-state index contributed by atoms with van der Waals surface area (Å²) in [5.74, 6) is 0.904. The van der Waals surface area contributed by atoms with Crippen LogP contribution in [-0.4, -0.2) is 53.0 Å². The van der Waals surface area contributed by atoms with Crippen molar-refractivity contribution in [3.05, 3.63) is 18.0 Å². The SMILES string of the molecule is CC(=O)N1CCCN(c2ncc(CNC(C)C)cn2)CC1. The Morgan fingerprint density at radius 2 is 1.95 bits per heavy atom. The third-order valence-corrected chi connectivity index (χ3v) is 3.63. The molecule has 0 aromatic carbocycles. The van der Waals surface area contributed by atoms with E-state index < -0.39 is 0 Å². The Bertz CT molecular complexity index is 460. The van der Waals surface area contributed by atoms with Gasteiger partial charge in [0.05, 0.1) is 0 Å². The van der Waals surface area contributed by atoms with E-state index in [0.717, 1.165) is 50.7 Å². The molecule has 1 amide bonds. The normalized spacial score (nSPS) is 16.2. The zero-order valence-electron chi connectivity index (χ0n) is 13.2. The Kier molecular flexibility index (Phi) is 5.50. The molecule has 1 aromatic rings. The predicted octanol–water partition coefficient (Wildman–Crippen LogP) is 1.03. The lowest BCUT2D eigenvalue weighted by Gasteiger charge is -2.21. The molecule has 1 aromatic heterocycles. The van der Waals surface area contributed by atoms with Crippen LogP contribution in [0.1, 0.15) is 32.8 Å². The van der Waals surface area contributed by atoms with Crippen LogP contribution in [0, 0.1) is 0 Å². The molecule has 21 heavy (non-hydrogen) atoms. The van der Waals surface area contributed by atoms with Gasteiger partial charge in [0.2, 0.25) is 11.9 Å². The summed E-state index contributed by atoms with van der Waals surface area (Å²) in [5, 5.41) is 3.35. The number of hydrogen-bond donors (Lipinski definition) is 1. The highest BCUT2D eigenvalue weighted by atomic mass is 16.2. The highest BCUT2D eigenvalue weighted by Crippen LogP contribution is 2.11. The molecule has 1 fully saturated rings. The van der Waals surface area contributed by atoms with Crippen molar-refractivity contribution in [3.63, 3.8) is 0 Å². The zero-order valence-corrected chi connectivity index (χ0v) is 13.2. The molecule has 0 spiro atoms. The maximum atomic E-state index is 11.4. The molecule has 0 aliphatic carbocycles. The average molecular weight is 291 g/mol. The molecule has 0 unspecified atom stereocenters. The number of anilines is 1. The third-order valence-electron chi connectivity index (χ3n) is 3.63. The molecule has 0 radical (unpaired) electrons. The maximum absolute atomic E-state index is 11.4. The first-order valence-corrected chi connectivity index (χ1v) is 7.61. The van der Waals surface area contributed by atoms with Crippen LogP contribution in [0.15, 0.2) is 12.4 Å². The van der Waals surface area contributed by atoms with E-state index in [0.29, 0.717) is 6.04 Å². The van der Waals surface area contributed by atoms with Crippen molar-refractivity contribution in [2.75, 3.05) is 31.1 Å². The molecule has 1 aliphatic rings. The Labute approximate surface area is 126 Å². The van der Waals surface area contributed by atoms with Gasteiger partial charge in [-0.1, -0.05) is 13.8 Å². The van der Waals surface area contributed by atoms with Gasteiger partial charge in [-0.25, -0.2) is 9.97 Å². The summed E-state index contributed by atoms with van der Waals surface area (Å²) in [6.45, 7) is 9.91. The molecular formula is C15H25N5O. The fraction of sp³-hybridized carbons (Fsp3) is 0.667. The molecule has 0 saturated carbocycles. The van der Waals surface area contributed by atoms with Crippen molar-refractivity contribution in [2.24, 2.45) is 0 Å². The first-order chi connectivity index (χ1) is 10.1. The van der Waals surface area contributed by atoms with Crippen LogP contribution in [-0.2, 0) is 11.3 Å². The minimum Gasteiger partial charge on any atom is -0.341 e. The van der Waals surface area contributed by atoms with E-state index in [9.17, 15) is 4.79 Å². The summed E-state index contributed by atoms with van der Waals surface area (Å²) in [6, 6.07) is 0.452. The largest absolute Gasteiger partial charge is 0.341 e. The number of carbonyl (C=O) groups excluding carboxylic acids is 1. The summed E-state index contributed by atoms with van der Waals surface area (Å²) in [7, 11) is 0. The Hall–Kier alpha value is -1.69. The Morgan fingerprint density at radius 1 is 1.24 bits per heavy atom. The van der Waals surface area contributed by atoms with E-state index in [4.69, 9.17) is 0 Å². The molecule has 2 rings (SSSR count). The van der Waals surface area contributed by atoms with Gasteiger partial charge in [-0.3, -0.25) is 4.79 Å². The van der Waals surface area contributed by atoms with Crippen LogP contribution in [0.25, 0.3) is 0 Å². The van der Waals surface area contributed by atoms with Gasteiger partial charge < -0.3 is 15.1 Å². The second-order valence-corrected chi connectivity index (χ2v) is 5.77. The van der Waals surface area contributed by atoms with Gasteiger partial charge >= 0.3 is 0 Å². The lowest BCUT2D eigenvalue weighted by Crippen LogP contribution is -2.34. The second-order valence-electron chi connectivity index (χ2n) is 5.77. The Balaban J connectivity index is 1.94. The van der Waals surface area contributed by atoms with Crippen LogP contribution >= 0.6 is 0 Å². The second kappa shape index (κ2) is 7.36. The molecule has 0 bridgehead atoms. The first kappa shape index (κ1) is 15.7. The van der Waals surface area contributed by atoms with Crippen molar-refractivity contribution >= 4 is 11.9 Å². The highest BCUT2D eigenvalue weighted by molar-refractivity contribution is 5.73. The number of amides is 1. The summed E-state index contributed by atoms with van der Waals surface area (Å²) in [6.07, 6.45) is 4.72. The van der Waals surface area contributed by atoms with Crippen molar-refractivity contribution < 1.29 is 4.79 Å². The summed E-state index contributed by atoms with van der Waals surface area (Å²) < 4.78 is 0. The van der Waals surface area contributed by atoms with Gasteiger partial charge in [0.15, 0.2) is 0 Å². The van der Waals surface area contributed by atoms with Gasteiger partial charge in [0.25, 0.3) is 0 Å². The van der Waals surface area contributed by atoms with E-state index in [-0.39, 0.29) is 5.91 Å². The summed E-state index contributed by atoms with van der Waals surface area (Å²) in [4.78, 5) is 24.4. The molecule has 2 heterocycles. The average Bonchev–Trinajstić information content (AvgIpc) is 2.71. The Morgan fingerprint density at radius 3 is 2.57 bits per heavy atom. The number of carbonyl (C=O) groups is 1. The fourth-order valence-electron chi connectivity index (χ4n) is 2.36. The quantitative estimate of drug-likeness (QED) is 0.898. The van der Waals surface area contributed by atoms with Crippen LogP contribution in [0.4, 0.5) is 5.95 Å². The van der Waals surface area contributed by atoms with E-state index in [2.05, 4.69) is 34.0 Å². The zero-order chi connectivity index (χ0) is 15.2. The van der Waals surface area contributed by atoms with Crippen molar-refractivity contribution in [1.29, 1.82) is 0 Å². The minimum absolute atomic E-state index is 0.146. The monoisotopic (exact) mass is 291 g/mol. The van der Waals surface area contributed by atoms with Crippen LogP contribution in [0.5, 0.6) is 0 Å². The predicted molar refractivity (Wildman–Crippen MR) is 83.1 cm³/mol. The van der Waals surface area contributed by atoms with Gasteiger partial charge in [0, 0.05) is 63.6 Å². The van der Waals surface area contributed by atoms with Crippen LogP contribution < -0.4 is 10.2 Å². The molecule has 1 saturated heterocycles. The van der Waals surface area contributed by atoms with Crippen molar-refractivity contribution in [2.45, 2.75) is 39.8 Å². The molecule has 0 atom stereocenters. The van der Waals surface area contributed by atoms with Crippen LogP contribution in [0.2, 0.25) is 0 Å². The molecule has 116 valence electrons. The number of nitrogens with zero attached hydrogens (tertiary/aromatic N) is 4. The molecule has 6 heteroatoms. The topological polar surface area (TPSA) is 61.4 Å². The summed E-state index contributed by atoms with van der Waals surface area (Å²) >= 11 is 0. The molecule has 1 aliphatic heterocycles. The third kappa shape index (κ3) is 4.67. The number of aromatic nitrogens is 2. The van der Waals surface area contributed by atoms with Crippen LogP contribution in [0.3, 0.4) is 0 Å². The molecule has 1 N–H and O–H groups in total. The highest BCUT2D eigenvalue weighted by Gasteiger charge is 2.18. The standard InChI is InChI=1S/C15H25N5O/c1-12(2)16-9-14-10-17-15(18-11-14)20-6-4-5-19(7-8-20)13(3)21/h10-12,16H,4-9H2,1-3H3. The van der Waals surface area contributed by atoms with E-state index in [1.54, 1.807) is 6.92 Å². The smallest absolute Gasteiger partial charge is 0.225 e. The van der Waals surface area contributed by atoms with Gasteiger partial charge in [-0.2, -0.15) is 0 Å². The molecule has 6 nitrogen and oxygen atoms in total. The number of nitrogens with one attached hydrogen (secondary N) is 1. The fourth-order valence-corrected chi connectivity index (χ4v) is 2.36.